The van der Waals surface area contributed by atoms with Gasteiger partial charge < -0.3 is 0 Å². The minimum atomic E-state index is 0.490. The summed E-state index contributed by atoms with van der Waals surface area (Å²) < 4.78 is 0. The Kier molecular flexibility index (Phi) is 18.7. The quantitative estimate of drug-likeness (QED) is 0.207. The third-order valence-corrected chi connectivity index (χ3v) is 9.29. The summed E-state index contributed by atoms with van der Waals surface area (Å²) in [5.41, 5.74) is 0. The summed E-state index contributed by atoms with van der Waals surface area (Å²) in [7, 11) is 3.84. The fourth-order valence-corrected chi connectivity index (χ4v) is 7.35. The summed E-state index contributed by atoms with van der Waals surface area (Å²) >= 11 is 21.4. The fourth-order valence-electron chi connectivity index (χ4n) is 0.917. The van der Waals surface area contributed by atoms with Crippen LogP contribution in [0.15, 0.2) is 0 Å². The molecule has 18 heavy (non-hydrogen) atoms. The molecule has 0 amide bonds. The first kappa shape index (κ1) is 20.8. The molecule has 0 saturated carbocycles. The molecule has 2 atom stereocenters. The number of rotatable bonds is 13. The van der Waals surface area contributed by atoms with E-state index in [1.54, 1.807) is 0 Å². The van der Waals surface area contributed by atoms with Crippen molar-refractivity contribution in [3.63, 3.8) is 0 Å². The summed E-state index contributed by atoms with van der Waals surface area (Å²) in [4.78, 5) is 0. The van der Waals surface area contributed by atoms with Crippen LogP contribution in [0.4, 0.5) is 0 Å². The molecule has 0 nitrogen and oxygen atoms in total. The normalized spacial score (nSPS) is 14.7. The van der Waals surface area contributed by atoms with Gasteiger partial charge in [0, 0.05) is 45.0 Å². The van der Waals surface area contributed by atoms with E-state index in [9.17, 15) is 0 Å². The molecule has 0 fully saturated rings. The summed E-state index contributed by atoms with van der Waals surface area (Å²) in [6, 6.07) is 0. The number of hydrogen-bond acceptors (Lipinski definition) is 8. The lowest BCUT2D eigenvalue weighted by molar-refractivity contribution is 1.16. The lowest BCUT2D eigenvalue weighted by atomic mass is 10.5. The molecule has 0 spiro atoms. The van der Waals surface area contributed by atoms with Gasteiger partial charge in [0.15, 0.2) is 0 Å². The van der Waals surface area contributed by atoms with Gasteiger partial charge in [-0.2, -0.15) is 74.0 Å². The highest BCUT2D eigenvalue weighted by atomic mass is 33.1. The Balaban J connectivity index is 3.27. The summed E-state index contributed by atoms with van der Waals surface area (Å²) in [6.45, 7) is 0. The van der Waals surface area contributed by atoms with Gasteiger partial charge in [-0.25, -0.2) is 0 Å². The van der Waals surface area contributed by atoms with Crippen LogP contribution < -0.4 is 0 Å². The molecule has 0 rings (SSSR count). The van der Waals surface area contributed by atoms with Gasteiger partial charge in [-0.15, -0.1) is 0 Å². The molecule has 0 aromatic carbocycles. The highest BCUT2D eigenvalue weighted by Crippen LogP contribution is 2.27. The number of hydrogen-bond donors (Lipinski definition) is 4. The molecule has 0 aliphatic heterocycles. The maximum absolute atomic E-state index is 4.58. The van der Waals surface area contributed by atoms with Crippen molar-refractivity contribution in [2.75, 3.05) is 46.0 Å². The zero-order valence-electron chi connectivity index (χ0n) is 10.2. The fraction of sp³-hybridized carbons (Fsp3) is 1.00. The summed E-state index contributed by atoms with van der Waals surface area (Å²) in [5.74, 6) is 8.63. The molecule has 8 heteroatoms. The minimum absolute atomic E-state index is 0.490. The van der Waals surface area contributed by atoms with Crippen LogP contribution in [0, 0.1) is 0 Å². The average molecular weight is 399 g/mol. The molecule has 0 aromatic heterocycles. The maximum atomic E-state index is 4.58. The second-order valence-corrected chi connectivity index (χ2v) is 10.7. The monoisotopic (exact) mass is 398 g/mol. The topological polar surface area (TPSA) is 0 Å². The third-order valence-electron chi connectivity index (χ3n) is 1.70. The van der Waals surface area contributed by atoms with Gasteiger partial charge in [-0.05, 0) is 11.5 Å². The summed E-state index contributed by atoms with van der Waals surface area (Å²) in [6.07, 6.45) is 0. The Morgan fingerprint density at radius 2 is 1.06 bits per heavy atom. The standard InChI is InChI=1S/C10H22S8/c11-1-3-15-5-9(13)7-17-18-8-10(14)6-16-4-2-12/h9-14H,1-8H2. The first-order valence-electron chi connectivity index (χ1n) is 5.68. The smallest absolute Gasteiger partial charge is 0.0206 e. The van der Waals surface area contributed by atoms with Crippen LogP contribution in [-0.4, -0.2) is 56.5 Å². The van der Waals surface area contributed by atoms with E-state index in [-0.39, 0.29) is 0 Å². The maximum Gasteiger partial charge on any atom is 0.0206 e. The van der Waals surface area contributed by atoms with Crippen molar-refractivity contribution < 1.29 is 0 Å². The van der Waals surface area contributed by atoms with Crippen LogP contribution in [0.1, 0.15) is 0 Å². The van der Waals surface area contributed by atoms with E-state index in [4.69, 9.17) is 0 Å². The lowest BCUT2D eigenvalue weighted by Crippen LogP contribution is -2.08. The molecule has 0 N–H and O–H groups in total. The van der Waals surface area contributed by atoms with Crippen LogP contribution in [0.2, 0.25) is 0 Å². The van der Waals surface area contributed by atoms with Gasteiger partial charge in [0.1, 0.15) is 0 Å². The van der Waals surface area contributed by atoms with E-state index >= 15 is 0 Å². The van der Waals surface area contributed by atoms with E-state index in [2.05, 4.69) is 50.5 Å². The van der Waals surface area contributed by atoms with Crippen LogP contribution in [0.5, 0.6) is 0 Å². The minimum Gasteiger partial charge on any atom is -0.179 e. The first-order valence-corrected chi connectivity index (χ1v) is 12.8. The molecular formula is C10H22S8. The Morgan fingerprint density at radius 3 is 1.39 bits per heavy atom. The zero-order chi connectivity index (χ0) is 13.6. The largest absolute Gasteiger partial charge is 0.179 e. The molecule has 0 aliphatic carbocycles. The molecule has 110 valence electrons. The molecule has 0 bridgehead atoms. The highest BCUT2D eigenvalue weighted by Gasteiger charge is 2.06. The second kappa shape index (κ2) is 16.2. The highest BCUT2D eigenvalue weighted by molar-refractivity contribution is 8.76. The molecule has 0 radical (unpaired) electrons. The predicted molar refractivity (Wildman–Crippen MR) is 113 cm³/mol. The number of thioether (sulfide) groups is 2. The van der Waals surface area contributed by atoms with Crippen molar-refractivity contribution in [3.8, 4) is 0 Å². The molecule has 0 saturated heterocycles. The van der Waals surface area contributed by atoms with Crippen molar-refractivity contribution in [2.45, 2.75) is 10.5 Å². The Hall–Kier alpha value is 2.80. The molecule has 0 aliphatic rings. The second-order valence-electron chi connectivity index (χ2n) is 3.47. The van der Waals surface area contributed by atoms with Gasteiger partial charge in [0.05, 0.1) is 0 Å². The lowest BCUT2D eigenvalue weighted by Gasteiger charge is -2.11. The molecular weight excluding hydrogens is 377 g/mol. The van der Waals surface area contributed by atoms with Gasteiger partial charge in [-0.3, -0.25) is 0 Å². The van der Waals surface area contributed by atoms with Gasteiger partial charge in [0.2, 0.25) is 0 Å². The number of thiol groups is 4. The van der Waals surface area contributed by atoms with Crippen LogP contribution in [-0.2, 0) is 0 Å². The van der Waals surface area contributed by atoms with E-state index in [0.29, 0.717) is 10.5 Å². The van der Waals surface area contributed by atoms with Gasteiger partial charge >= 0.3 is 0 Å². The molecule has 2 unspecified atom stereocenters. The molecule has 0 aromatic rings. The average Bonchev–Trinajstić information content (AvgIpc) is 2.35. The van der Waals surface area contributed by atoms with Crippen molar-refractivity contribution in [1.82, 2.24) is 0 Å². The molecule has 0 heterocycles. The van der Waals surface area contributed by atoms with Gasteiger partial charge in [-0.1, -0.05) is 21.6 Å². The third kappa shape index (κ3) is 15.2. The Bertz CT molecular complexity index is 150. The van der Waals surface area contributed by atoms with Crippen molar-refractivity contribution in [2.24, 2.45) is 0 Å². The summed E-state index contributed by atoms with van der Waals surface area (Å²) in [5, 5.41) is 0.980. The van der Waals surface area contributed by atoms with Crippen molar-refractivity contribution in [3.05, 3.63) is 0 Å². The van der Waals surface area contributed by atoms with Crippen molar-refractivity contribution >= 4 is 95.6 Å². The van der Waals surface area contributed by atoms with Gasteiger partial charge in [0.25, 0.3) is 0 Å². The first-order chi connectivity index (χ1) is 8.70. The van der Waals surface area contributed by atoms with E-state index in [1.165, 1.54) is 0 Å². The van der Waals surface area contributed by atoms with E-state index in [0.717, 1.165) is 46.0 Å². The van der Waals surface area contributed by atoms with Crippen LogP contribution in [0.3, 0.4) is 0 Å². The van der Waals surface area contributed by atoms with E-state index < -0.39 is 0 Å². The van der Waals surface area contributed by atoms with Crippen LogP contribution in [0.25, 0.3) is 0 Å². The Morgan fingerprint density at radius 1 is 0.667 bits per heavy atom. The SMILES string of the molecule is SCCSCC(S)CSSCC(S)CSCCS. The van der Waals surface area contributed by atoms with Crippen molar-refractivity contribution in [1.29, 1.82) is 0 Å². The van der Waals surface area contributed by atoms with Crippen LogP contribution >= 0.6 is 95.6 Å². The zero-order valence-corrected chi connectivity index (χ0v) is 17.1. The predicted octanol–water partition coefficient (Wildman–Crippen LogP) is 4.29. The Labute approximate surface area is 151 Å². The van der Waals surface area contributed by atoms with E-state index in [1.807, 2.05) is 45.1 Å².